The number of rotatable bonds is 4. The summed E-state index contributed by atoms with van der Waals surface area (Å²) in [5.74, 6) is -0.161. The number of ketones is 1. The summed E-state index contributed by atoms with van der Waals surface area (Å²) in [6, 6.07) is 9.54. The van der Waals surface area contributed by atoms with Crippen molar-refractivity contribution in [2.75, 3.05) is 14.1 Å². The van der Waals surface area contributed by atoms with E-state index in [9.17, 15) is 4.79 Å². The number of benzene rings is 1. The van der Waals surface area contributed by atoms with Crippen molar-refractivity contribution in [3.05, 3.63) is 54.5 Å². The predicted octanol–water partition coefficient (Wildman–Crippen LogP) is 1.53. The highest BCUT2D eigenvalue weighted by Crippen LogP contribution is 2.06. The molecule has 0 unspecified atom stereocenters. The van der Waals surface area contributed by atoms with Gasteiger partial charge in [-0.05, 0) is 12.1 Å². The molecular formula is C13H14N4O. The van der Waals surface area contributed by atoms with E-state index >= 15 is 0 Å². The maximum absolute atomic E-state index is 11.8. The molecule has 5 nitrogen and oxygen atoms in total. The van der Waals surface area contributed by atoms with Crippen LogP contribution in [0.2, 0.25) is 0 Å². The number of nitrogens with zero attached hydrogens (tertiary/aromatic N) is 4. The molecule has 0 amide bonds. The molecule has 0 saturated carbocycles. The molecule has 0 saturated heterocycles. The molecule has 0 fully saturated rings. The van der Waals surface area contributed by atoms with Gasteiger partial charge >= 0.3 is 0 Å². The summed E-state index contributed by atoms with van der Waals surface area (Å²) < 4.78 is 1.58. The average Bonchev–Trinajstić information content (AvgIpc) is 2.86. The van der Waals surface area contributed by atoms with Gasteiger partial charge < -0.3 is 4.90 Å². The Kier molecular flexibility index (Phi) is 3.52. The van der Waals surface area contributed by atoms with Crippen LogP contribution < -0.4 is 0 Å². The standard InChI is InChI=1S/C13H14N4O/c1-16(2)9-8-13(18)12-10-17(15-14-12)11-6-4-3-5-7-11/h3-10H,1-2H3. The summed E-state index contributed by atoms with van der Waals surface area (Å²) in [4.78, 5) is 13.6. The summed E-state index contributed by atoms with van der Waals surface area (Å²) in [5, 5.41) is 7.80. The molecule has 1 aromatic carbocycles. The molecule has 0 radical (unpaired) electrons. The van der Waals surface area contributed by atoms with Crippen molar-refractivity contribution in [2.45, 2.75) is 0 Å². The van der Waals surface area contributed by atoms with Crippen LogP contribution in [0.5, 0.6) is 0 Å². The Hall–Kier alpha value is -2.43. The van der Waals surface area contributed by atoms with E-state index in [1.165, 1.54) is 6.08 Å². The zero-order valence-corrected chi connectivity index (χ0v) is 10.3. The lowest BCUT2D eigenvalue weighted by atomic mass is 10.3. The molecule has 2 aromatic rings. The predicted molar refractivity (Wildman–Crippen MR) is 68.5 cm³/mol. The maximum atomic E-state index is 11.8. The number of carbonyl (C=O) groups excluding carboxylic acids is 1. The Bertz CT molecular complexity index is 557. The van der Waals surface area contributed by atoms with E-state index in [4.69, 9.17) is 0 Å². The molecule has 1 aromatic heterocycles. The van der Waals surface area contributed by atoms with Crippen LogP contribution in [0.4, 0.5) is 0 Å². The summed E-state index contributed by atoms with van der Waals surface area (Å²) in [6.07, 6.45) is 4.78. The minimum Gasteiger partial charge on any atom is -0.383 e. The van der Waals surface area contributed by atoms with Crippen molar-refractivity contribution in [2.24, 2.45) is 0 Å². The smallest absolute Gasteiger partial charge is 0.209 e. The van der Waals surface area contributed by atoms with Gasteiger partial charge in [0.2, 0.25) is 5.78 Å². The number of carbonyl (C=O) groups is 1. The first kappa shape index (κ1) is 12.0. The van der Waals surface area contributed by atoms with E-state index < -0.39 is 0 Å². The molecular weight excluding hydrogens is 228 g/mol. The van der Waals surface area contributed by atoms with Gasteiger partial charge in [-0.3, -0.25) is 4.79 Å². The normalized spacial score (nSPS) is 10.8. The van der Waals surface area contributed by atoms with Crippen molar-refractivity contribution in [3.63, 3.8) is 0 Å². The van der Waals surface area contributed by atoms with E-state index in [-0.39, 0.29) is 5.78 Å². The highest BCUT2D eigenvalue weighted by Gasteiger charge is 2.08. The fraction of sp³-hybridized carbons (Fsp3) is 0.154. The largest absolute Gasteiger partial charge is 0.383 e. The lowest BCUT2D eigenvalue weighted by Gasteiger charge is -2.01. The maximum Gasteiger partial charge on any atom is 0.209 e. The molecule has 92 valence electrons. The molecule has 1 heterocycles. The Morgan fingerprint density at radius 2 is 2.00 bits per heavy atom. The Morgan fingerprint density at radius 1 is 1.28 bits per heavy atom. The second kappa shape index (κ2) is 5.27. The van der Waals surface area contributed by atoms with Crippen LogP contribution in [0.1, 0.15) is 10.5 Å². The third-order valence-corrected chi connectivity index (χ3v) is 2.29. The van der Waals surface area contributed by atoms with Crippen LogP contribution in [0.15, 0.2) is 48.8 Å². The Morgan fingerprint density at radius 3 is 2.67 bits per heavy atom. The number of allylic oxidation sites excluding steroid dienone is 1. The lowest BCUT2D eigenvalue weighted by Crippen LogP contribution is -2.03. The summed E-state index contributed by atoms with van der Waals surface area (Å²) in [6.45, 7) is 0. The highest BCUT2D eigenvalue weighted by molar-refractivity contribution is 6.02. The zero-order valence-electron chi connectivity index (χ0n) is 10.3. The van der Waals surface area contributed by atoms with E-state index in [1.54, 1.807) is 22.0 Å². The van der Waals surface area contributed by atoms with Gasteiger partial charge in [-0.25, -0.2) is 4.68 Å². The van der Waals surface area contributed by atoms with E-state index in [1.807, 2.05) is 44.4 Å². The fourth-order valence-electron chi connectivity index (χ4n) is 1.39. The molecule has 5 heteroatoms. The minimum atomic E-state index is -0.161. The molecule has 0 aliphatic rings. The first-order chi connectivity index (χ1) is 8.66. The number of hydrogen-bond acceptors (Lipinski definition) is 4. The first-order valence-electron chi connectivity index (χ1n) is 5.53. The molecule has 0 atom stereocenters. The molecule has 18 heavy (non-hydrogen) atoms. The monoisotopic (exact) mass is 242 g/mol. The van der Waals surface area contributed by atoms with Crippen LogP contribution >= 0.6 is 0 Å². The topological polar surface area (TPSA) is 51.0 Å². The third-order valence-electron chi connectivity index (χ3n) is 2.29. The van der Waals surface area contributed by atoms with Crippen LogP contribution in [0.25, 0.3) is 5.69 Å². The van der Waals surface area contributed by atoms with Gasteiger partial charge in [0, 0.05) is 26.4 Å². The van der Waals surface area contributed by atoms with Crippen molar-refractivity contribution < 1.29 is 4.79 Å². The van der Waals surface area contributed by atoms with Crippen molar-refractivity contribution >= 4 is 5.78 Å². The van der Waals surface area contributed by atoms with Crippen LogP contribution in [0, 0.1) is 0 Å². The average molecular weight is 242 g/mol. The summed E-state index contributed by atoms with van der Waals surface area (Å²) in [7, 11) is 3.70. The van der Waals surface area contributed by atoms with Gasteiger partial charge in [0.1, 0.15) is 0 Å². The number of aromatic nitrogens is 3. The number of para-hydroxylation sites is 1. The molecule has 2 rings (SSSR count). The van der Waals surface area contributed by atoms with Crippen molar-refractivity contribution in [3.8, 4) is 5.69 Å². The zero-order chi connectivity index (χ0) is 13.0. The number of hydrogen-bond donors (Lipinski definition) is 0. The first-order valence-corrected chi connectivity index (χ1v) is 5.53. The van der Waals surface area contributed by atoms with Gasteiger partial charge in [0.05, 0.1) is 11.9 Å². The Balaban J connectivity index is 2.19. The van der Waals surface area contributed by atoms with Gasteiger partial charge in [-0.2, -0.15) is 0 Å². The third kappa shape index (κ3) is 2.82. The minimum absolute atomic E-state index is 0.161. The van der Waals surface area contributed by atoms with Gasteiger partial charge in [-0.15, -0.1) is 5.10 Å². The van der Waals surface area contributed by atoms with Gasteiger partial charge in [0.25, 0.3) is 0 Å². The molecule has 0 spiro atoms. The summed E-state index contributed by atoms with van der Waals surface area (Å²) >= 11 is 0. The molecule has 0 bridgehead atoms. The highest BCUT2D eigenvalue weighted by atomic mass is 16.1. The summed E-state index contributed by atoms with van der Waals surface area (Å²) in [5.41, 5.74) is 1.21. The van der Waals surface area contributed by atoms with Gasteiger partial charge in [-0.1, -0.05) is 23.4 Å². The SMILES string of the molecule is CN(C)C=CC(=O)c1cn(-c2ccccc2)nn1. The molecule has 0 N–H and O–H groups in total. The lowest BCUT2D eigenvalue weighted by molar-refractivity contribution is 0.104. The van der Waals surface area contributed by atoms with E-state index in [2.05, 4.69) is 10.3 Å². The Labute approximate surface area is 105 Å². The molecule has 0 aliphatic heterocycles. The van der Waals surface area contributed by atoms with E-state index in [0.29, 0.717) is 5.69 Å². The van der Waals surface area contributed by atoms with Crippen LogP contribution in [-0.4, -0.2) is 39.8 Å². The van der Waals surface area contributed by atoms with Crippen LogP contribution in [-0.2, 0) is 0 Å². The molecule has 0 aliphatic carbocycles. The van der Waals surface area contributed by atoms with Crippen molar-refractivity contribution in [1.29, 1.82) is 0 Å². The van der Waals surface area contributed by atoms with Crippen LogP contribution in [0.3, 0.4) is 0 Å². The van der Waals surface area contributed by atoms with Gasteiger partial charge in [0.15, 0.2) is 5.69 Å². The quantitative estimate of drug-likeness (QED) is 0.602. The second-order valence-corrected chi connectivity index (χ2v) is 4.03. The van der Waals surface area contributed by atoms with Crippen molar-refractivity contribution in [1.82, 2.24) is 19.9 Å². The fourth-order valence-corrected chi connectivity index (χ4v) is 1.39. The van der Waals surface area contributed by atoms with E-state index in [0.717, 1.165) is 5.69 Å². The second-order valence-electron chi connectivity index (χ2n) is 4.03.